The predicted octanol–water partition coefficient (Wildman–Crippen LogP) is 3.46. The monoisotopic (exact) mass is 391 g/mol. The van der Waals surface area contributed by atoms with Gasteiger partial charge in [-0.05, 0) is 31.2 Å². The van der Waals surface area contributed by atoms with Crippen LogP contribution in [0.1, 0.15) is 10.7 Å². The number of rotatable bonds is 4. The van der Waals surface area contributed by atoms with Gasteiger partial charge in [-0.15, -0.1) is 10.2 Å². The molecule has 0 amide bonds. The maximum absolute atomic E-state index is 12.0. The Kier molecular flexibility index (Phi) is 4.28. The van der Waals surface area contributed by atoms with E-state index in [4.69, 9.17) is 16.0 Å². The average molecular weight is 392 g/mol. The van der Waals surface area contributed by atoms with E-state index in [9.17, 15) is 4.79 Å². The van der Waals surface area contributed by atoms with Gasteiger partial charge in [0.25, 0.3) is 10.8 Å². The highest BCUT2D eigenvalue weighted by molar-refractivity contribution is 7.98. The molecule has 0 aliphatic heterocycles. The summed E-state index contributed by atoms with van der Waals surface area (Å²) in [5.41, 5.74) is 1.24. The third kappa shape index (κ3) is 3.44. The van der Waals surface area contributed by atoms with Gasteiger partial charge in [0.1, 0.15) is 5.01 Å². The van der Waals surface area contributed by atoms with Crippen LogP contribution < -0.4 is 5.56 Å². The standard InChI is InChI=1S/C15H10ClN5O2S2/c1-8-20-21-12(22)6-11(17-14(21)25-8)7-24-15-19-18-13(23-15)9-2-4-10(16)5-3-9/h2-6H,7H2,1H3. The SMILES string of the molecule is Cc1nn2c(=O)cc(CSc3nnc(-c4ccc(Cl)cc4)o3)nc2s1. The Morgan fingerprint density at radius 3 is 2.88 bits per heavy atom. The highest BCUT2D eigenvalue weighted by Gasteiger charge is 2.11. The second kappa shape index (κ2) is 6.58. The van der Waals surface area contributed by atoms with Gasteiger partial charge in [0.2, 0.25) is 10.9 Å². The van der Waals surface area contributed by atoms with Crippen LogP contribution >= 0.6 is 34.7 Å². The van der Waals surface area contributed by atoms with Gasteiger partial charge in [-0.3, -0.25) is 4.79 Å². The van der Waals surface area contributed by atoms with Gasteiger partial charge in [-0.25, -0.2) is 4.98 Å². The maximum Gasteiger partial charge on any atom is 0.277 e. The van der Waals surface area contributed by atoms with Crippen LogP contribution in [-0.4, -0.2) is 24.8 Å². The average Bonchev–Trinajstić information content (AvgIpc) is 3.20. The molecule has 0 saturated heterocycles. The maximum atomic E-state index is 12.0. The number of halogens is 1. The van der Waals surface area contributed by atoms with Gasteiger partial charge in [0.15, 0.2) is 0 Å². The smallest absolute Gasteiger partial charge is 0.277 e. The van der Waals surface area contributed by atoms with Crippen molar-refractivity contribution in [1.82, 2.24) is 24.8 Å². The molecule has 3 heterocycles. The Morgan fingerprint density at radius 1 is 1.28 bits per heavy atom. The zero-order valence-electron chi connectivity index (χ0n) is 12.8. The molecule has 4 aromatic rings. The second-order valence-corrected chi connectivity index (χ2v) is 7.59. The summed E-state index contributed by atoms with van der Waals surface area (Å²) in [6, 6.07) is 8.62. The molecule has 3 aromatic heterocycles. The van der Waals surface area contributed by atoms with Crippen molar-refractivity contribution in [3.8, 4) is 11.5 Å². The van der Waals surface area contributed by atoms with E-state index in [1.807, 2.05) is 19.1 Å². The normalized spacial score (nSPS) is 11.3. The van der Waals surface area contributed by atoms with Gasteiger partial charge in [-0.2, -0.15) is 9.61 Å². The Morgan fingerprint density at radius 2 is 2.08 bits per heavy atom. The quantitative estimate of drug-likeness (QED) is 0.492. The molecule has 0 saturated carbocycles. The van der Waals surface area contributed by atoms with E-state index >= 15 is 0 Å². The van der Waals surface area contributed by atoms with Gasteiger partial charge in [-0.1, -0.05) is 34.7 Å². The zero-order valence-corrected chi connectivity index (χ0v) is 15.2. The zero-order chi connectivity index (χ0) is 17.4. The van der Waals surface area contributed by atoms with Crippen LogP contribution in [0, 0.1) is 6.92 Å². The number of thioether (sulfide) groups is 1. The topological polar surface area (TPSA) is 86.2 Å². The van der Waals surface area contributed by atoms with Crippen molar-refractivity contribution in [2.24, 2.45) is 0 Å². The van der Waals surface area contributed by atoms with Crippen LogP contribution in [-0.2, 0) is 5.75 Å². The van der Waals surface area contributed by atoms with Crippen molar-refractivity contribution < 1.29 is 4.42 Å². The molecular formula is C15H10ClN5O2S2. The first-order valence-corrected chi connectivity index (χ1v) is 9.35. The molecule has 25 heavy (non-hydrogen) atoms. The van der Waals surface area contributed by atoms with Crippen LogP contribution in [0.25, 0.3) is 16.4 Å². The molecule has 0 bridgehead atoms. The second-order valence-electron chi connectivity index (χ2n) is 5.07. The number of aryl methyl sites for hydroxylation is 1. The first kappa shape index (κ1) is 16.2. The lowest BCUT2D eigenvalue weighted by molar-refractivity contribution is 0.466. The fourth-order valence-electron chi connectivity index (χ4n) is 2.14. The van der Waals surface area contributed by atoms with Crippen molar-refractivity contribution in [3.05, 3.63) is 56.4 Å². The third-order valence-electron chi connectivity index (χ3n) is 3.24. The van der Waals surface area contributed by atoms with E-state index in [0.29, 0.717) is 32.5 Å². The Balaban J connectivity index is 1.52. The van der Waals surface area contributed by atoms with Gasteiger partial charge in [0.05, 0.1) is 5.69 Å². The fraction of sp³-hybridized carbons (Fsp3) is 0.133. The third-order valence-corrected chi connectivity index (χ3v) is 5.17. The molecule has 0 spiro atoms. The predicted molar refractivity (Wildman–Crippen MR) is 96.2 cm³/mol. The largest absolute Gasteiger partial charge is 0.411 e. The molecule has 0 unspecified atom stereocenters. The molecule has 4 rings (SSSR count). The van der Waals surface area contributed by atoms with E-state index in [1.165, 1.54) is 33.7 Å². The molecular weight excluding hydrogens is 382 g/mol. The highest BCUT2D eigenvalue weighted by Crippen LogP contribution is 2.26. The van der Waals surface area contributed by atoms with Crippen LogP contribution in [0.3, 0.4) is 0 Å². The first-order valence-electron chi connectivity index (χ1n) is 7.17. The molecule has 0 N–H and O–H groups in total. The van der Waals surface area contributed by atoms with Crippen LogP contribution in [0.5, 0.6) is 0 Å². The van der Waals surface area contributed by atoms with Gasteiger partial charge >= 0.3 is 0 Å². The Hall–Kier alpha value is -2.23. The van der Waals surface area contributed by atoms with Crippen molar-refractivity contribution in [2.75, 3.05) is 0 Å². The number of benzene rings is 1. The Bertz CT molecular complexity index is 1100. The summed E-state index contributed by atoms with van der Waals surface area (Å²) in [6.07, 6.45) is 0. The summed E-state index contributed by atoms with van der Waals surface area (Å²) in [6.45, 7) is 1.84. The summed E-state index contributed by atoms with van der Waals surface area (Å²) in [4.78, 5) is 17.1. The number of fused-ring (bicyclic) bond motifs is 1. The first-order chi connectivity index (χ1) is 12.1. The lowest BCUT2D eigenvalue weighted by Crippen LogP contribution is -2.15. The van der Waals surface area contributed by atoms with Gasteiger partial charge < -0.3 is 4.42 Å². The molecule has 1 aromatic carbocycles. The molecule has 126 valence electrons. The van der Waals surface area contributed by atoms with E-state index in [0.717, 1.165) is 10.6 Å². The lowest BCUT2D eigenvalue weighted by Gasteiger charge is -1.97. The van der Waals surface area contributed by atoms with Crippen molar-refractivity contribution in [2.45, 2.75) is 17.9 Å². The molecule has 7 nitrogen and oxygen atoms in total. The Labute approximate surface area is 154 Å². The van der Waals surface area contributed by atoms with Crippen molar-refractivity contribution in [3.63, 3.8) is 0 Å². The summed E-state index contributed by atoms with van der Waals surface area (Å²) >= 11 is 8.57. The van der Waals surface area contributed by atoms with Crippen LogP contribution in [0.2, 0.25) is 5.02 Å². The molecule has 0 aliphatic carbocycles. The molecule has 0 aliphatic rings. The minimum absolute atomic E-state index is 0.197. The molecule has 0 radical (unpaired) electrons. The van der Waals surface area contributed by atoms with E-state index in [1.54, 1.807) is 12.1 Å². The molecule has 10 heteroatoms. The van der Waals surface area contributed by atoms with Crippen molar-refractivity contribution in [1.29, 1.82) is 0 Å². The number of nitrogens with zero attached hydrogens (tertiary/aromatic N) is 5. The van der Waals surface area contributed by atoms with Crippen LogP contribution in [0.15, 0.2) is 44.8 Å². The van der Waals surface area contributed by atoms with Crippen LogP contribution in [0.4, 0.5) is 0 Å². The fourth-order valence-corrected chi connectivity index (χ4v) is 3.69. The molecule has 0 fully saturated rings. The lowest BCUT2D eigenvalue weighted by atomic mass is 10.2. The summed E-state index contributed by atoms with van der Waals surface area (Å²) in [5.74, 6) is 0.867. The summed E-state index contributed by atoms with van der Waals surface area (Å²) < 4.78 is 6.94. The van der Waals surface area contributed by atoms with E-state index in [-0.39, 0.29) is 5.56 Å². The van der Waals surface area contributed by atoms with E-state index in [2.05, 4.69) is 20.3 Å². The minimum Gasteiger partial charge on any atom is -0.411 e. The van der Waals surface area contributed by atoms with Crippen molar-refractivity contribution >= 4 is 39.7 Å². The molecule has 0 atom stereocenters. The van der Waals surface area contributed by atoms with E-state index < -0.39 is 0 Å². The number of hydrogen-bond acceptors (Lipinski definition) is 8. The summed E-state index contributed by atoms with van der Waals surface area (Å²) in [7, 11) is 0. The number of aromatic nitrogens is 5. The minimum atomic E-state index is -0.197. The van der Waals surface area contributed by atoms with Gasteiger partial charge in [0, 0.05) is 22.4 Å². The highest BCUT2D eigenvalue weighted by atomic mass is 35.5. The summed E-state index contributed by atoms with van der Waals surface area (Å²) in [5, 5.41) is 14.0. The number of hydrogen-bond donors (Lipinski definition) is 0.